The molecule has 0 aliphatic rings. The predicted octanol–water partition coefficient (Wildman–Crippen LogP) is 4.11. The third-order valence-corrected chi connectivity index (χ3v) is 3.84. The molecule has 0 aliphatic heterocycles. The van der Waals surface area contributed by atoms with Crippen LogP contribution in [0, 0.1) is 0 Å². The summed E-state index contributed by atoms with van der Waals surface area (Å²) in [7, 11) is 0. The fourth-order valence-corrected chi connectivity index (χ4v) is 2.69. The van der Waals surface area contributed by atoms with E-state index in [0.717, 1.165) is 17.5 Å². The molecule has 0 saturated carbocycles. The standard InChI is InChI=1S/C15H16Cl2N2/c1-2-10-6-8-11(9-7-10)15(19-18)14-12(16)4-3-5-13(14)17/h3-9,15,19H,2,18H2,1H3. The normalized spacial score (nSPS) is 12.4. The minimum absolute atomic E-state index is 0.216. The molecule has 2 aromatic carbocycles. The van der Waals surface area contributed by atoms with Crippen molar-refractivity contribution >= 4 is 23.2 Å². The summed E-state index contributed by atoms with van der Waals surface area (Å²) in [5.74, 6) is 5.68. The smallest absolute Gasteiger partial charge is 0.0739 e. The minimum Gasteiger partial charge on any atom is -0.271 e. The van der Waals surface area contributed by atoms with Gasteiger partial charge in [0.2, 0.25) is 0 Å². The largest absolute Gasteiger partial charge is 0.271 e. The first-order chi connectivity index (χ1) is 9.17. The van der Waals surface area contributed by atoms with Crippen LogP contribution in [0.4, 0.5) is 0 Å². The average molecular weight is 295 g/mol. The highest BCUT2D eigenvalue weighted by atomic mass is 35.5. The van der Waals surface area contributed by atoms with Gasteiger partial charge in [-0.3, -0.25) is 5.84 Å². The number of hydrazine groups is 1. The molecular formula is C15H16Cl2N2. The van der Waals surface area contributed by atoms with Crippen LogP contribution in [0.5, 0.6) is 0 Å². The van der Waals surface area contributed by atoms with Crippen LogP contribution < -0.4 is 11.3 Å². The molecule has 0 aromatic heterocycles. The molecule has 3 N–H and O–H groups in total. The van der Waals surface area contributed by atoms with Crippen LogP contribution in [0.15, 0.2) is 42.5 Å². The van der Waals surface area contributed by atoms with Gasteiger partial charge in [0.15, 0.2) is 0 Å². The Morgan fingerprint density at radius 3 is 2.11 bits per heavy atom. The summed E-state index contributed by atoms with van der Waals surface area (Å²) in [5, 5.41) is 1.21. The number of nitrogens with one attached hydrogen (secondary N) is 1. The van der Waals surface area contributed by atoms with Gasteiger partial charge in [-0.05, 0) is 29.7 Å². The van der Waals surface area contributed by atoms with Gasteiger partial charge in [0, 0.05) is 15.6 Å². The van der Waals surface area contributed by atoms with Gasteiger partial charge in [-0.15, -0.1) is 0 Å². The number of nitrogens with two attached hydrogens (primary N) is 1. The molecule has 2 aromatic rings. The van der Waals surface area contributed by atoms with Crippen LogP contribution >= 0.6 is 23.2 Å². The van der Waals surface area contributed by atoms with Crippen LogP contribution in [0.3, 0.4) is 0 Å². The Kier molecular flexibility index (Phi) is 4.83. The second kappa shape index (κ2) is 6.40. The van der Waals surface area contributed by atoms with Gasteiger partial charge >= 0.3 is 0 Å². The van der Waals surface area contributed by atoms with E-state index >= 15 is 0 Å². The molecule has 100 valence electrons. The Morgan fingerprint density at radius 2 is 1.63 bits per heavy atom. The molecule has 19 heavy (non-hydrogen) atoms. The summed E-state index contributed by atoms with van der Waals surface area (Å²) < 4.78 is 0. The van der Waals surface area contributed by atoms with Gasteiger partial charge in [0.05, 0.1) is 6.04 Å². The fraction of sp³-hybridized carbons (Fsp3) is 0.200. The number of hydrogen-bond acceptors (Lipinski definition) is 2. The van der Waals surface area contributed by atoms with Crippen molar-refractivity contribution in [2.75, 3.05) is 0 Å². The highest BCUT2D eigenvalue weighted by Crippen LogP contribution is 2.33. The van der Waals surface area contributed by atoms with E-state index in [1.165, 1.54) is 5.56 Å². The number of aryl methyl sites for hydroxylation is 1. The zero-order valence-electron chi connectivity index (χ0n) is 10.7. The van der Waals surface area contributed by atoms with Gasteiger partial charge in [-0.25, -0.2) is 5.43 Å². The summed E-state index contributed by atoms with van der Waals surface area (Å²) >= 11 is 12.5. The van der Waals surface area contributed by atoms with E-state index in [-0.39, 0.29) is 6.04 Å². The molecule has 0 spiro atoms. The van der Waals surface area contributed by atoms with E-state index in [0.29, 0.717) is 10.0 Å². The highest BCUT2D eigenvalue weighted by molar-refractivity contribution is 6.36. The van der Waals surface area contributed by atoms with E-state index < -0.39 is 0 Å². The van der Waals surface area contributed by atoms with E-state index in [9.17, 15) is 0 Å². The molecule has 0 aliphatic carbocycles. The summed E-state index contributed by atoms with van der Waals surface area (Å²) in [4.78, 5) is 0. The lowest BCUT2D eigenvalue weighted by atomic mass is 9.97. The lowest BCUT2D eigenvalue weighted by Crippen LogP contribution is -2.29. The summed E-state index contributed by atoms with van der Waals surface area (Å²) in [5.41, 5.74) is 5.91. The maximum atomic E-state index is 6.23. The Labute approximate surface area is 123 Å². The second-order valence-corrected chi connectivity index (χ2v) is 5.14. The highest BCUT2D eigenvalue weighted by Gasteiger charge is 2.18. The zero-order valence-corrected chi connectivity index (χ0v) is 12.2. The van der Waals surface area contributed by atoms with Crippen LogP contribution in [0.2, 0.25) is 10.0 Å². The Morgan fingerprint density at radius 1 is 1.05 bits per heavy atom. The minimum atomic E-state index is -0.216. The lowest BCUT2D eigenvalue weighted by molar-refractivity contribution is 0.637. The number of hydrogen-bond donors (Lipinski definition) is 2. The van der Waals surface area contributed by atoms with Crippen molar-refractivity contribution in [1.82, 2.24) is 5.43 Å². The Balaban J connectivity index is 2.44. The zero-order chi connectivity index (χ0) is 13.8. The van der Waals surface area contributed by atoms with Crippen LogP contribution in [-0.4, -0.2) is 0 Å². The molecule has 2 rings (SSSR count). The maximum absolute atomic E-state index is 6.23. The topological polar surface area (TPSA) is 38.0 Å². The van der Waals surface area contributed by atoms with Crippen molar-refractivity contribution in [3.8, 4) is 0 Å². The molecular weight excluding hydrogens is 279 g/mol. The molecule has 1 unspecified atom stereocenters. The first-order valence-corrected chi connectivity index (χ1v) is 6.91. The second-order valence-electron chi connectivity index (χ2n) is 4.33. The SMILES string of the molecule is CCc1ccc(C(NN)c2c(Cl)cccc2Cl)cc1. The van der Waals surface area contributed by atoms with E-state index in [1.54, 1.807) is 0 Å². The molecule has 0 bridgehead atoms. The molecule has 0 amide bonds. The van der Waals surface area contributed by atoms with Crippen molar-refractivity contribution in [2.45, 2.75) is 19.4 Å². The van der Waals surface area contributed by atoms with E-state index in [4.69, 9.17) is 29.0 Å². The first-order valence-electron chi connectivity index (χ1n) is 6.16. The van der Waals surface area contributed by atoms with Crippen LogP contribution in [0.1, 0.15) is 29.7 Å². The maximum Gasteiger partial charge on any atom is 0.0739 e. The van der Waals surface area contributed by atoms with Crippen molar-refractivity contribution in [3.05, 3.63) is 69.2 Å². The molecule has 0 saturated heterocycles. The summed E-state index contributed by atoms with van der Waals surface area (Å²) in [6, 6.07) is 13.5. The molecule has 0 radical (unpaired) electrons. The fourth-order valence-electron chi connectivity index (χ4n) is 2.08. The molecule has 2 nitrogen and oxygen atoms in total. The number of benzene rings is 2. The van der Waals surface area contributed by atoms with Gasteiger partial charge in [-0.2, -0.15) is 0 Å². The molecule has 4 heteroatoms. The molecule has 0 heterocycles. The predicted molar refractivity (Wildman–Crippen MR) is 81.4 cm³/mol. The van der Waals surface area contributed by atoms with Gasteiger partial charge in [-0.1, -0.05) is 60.5 Å². The van der Waals surface area contributed by atoms with Gasteiger partial charge in [0.1, 0.15) is 0 Å². The molecule has 0 fully saturated rings. The van der Waals surface area contributed by atoms with E-state index in [1.807, 2.05) is 30.3 Å². The number of halogens is 2. The average Bonchev–Trinajstić information content (AvgIpc) is 2.43. The van der Waals surface area contributed by atoms with Gasteiger partial charge in [0.25, 0.3) is 0 Å². The quantitative estimate of drug-likeness (QED) is 0.658. The van der Waals surface area contributed by atoms with Crippen molar-refractivity contribution < 1.29 is 0 Å². The number of rotatable bonds is 4. The summed E-state index contributed by atoms with van der Waals surface area (Å²) in [6.07, 6.45) is 1.01. The van der Waals surface area contributed by atoms with Crippen molar-refractivity contribution in [2.24, 2.45) is 5.84 Å². The Bertz CT molecular complexity index is 532. The van der Waals surface area contributed by atoms with Crippen LogP contribution in [0.25, 0.3) is 0 Å². The third kappa shape index (κ3) is 3.10. The van der Waals surface area contributed by atoms with Gasteiger partial charge < -0.3 is 0 Å². The monoisotopic (exact) mass is 294 g/mol. The third-order valence-electron chi connectivity index (χ3n) is 3.18. The lowest BCUT2D eigenvalue weighted by Gasteiger charge is -2.19. The molecule has 1 atom stereocenters. The van der Waals surface area contributed by atoms with Crippen molar-refractivity contribution in [1.29, 1.82) is 0 Å². The van der Waals surface area contributed by atoms with E-state index in [2.05, 4.69) is 24.5 Å². The Hall–Kier alpha value is -1.06. The summed E-state index contributed by atoms with van der Waals surface area (Å²) in [6.45, 7) is 2.12. The van der Waals surface area contributed by atoms with Crippen molar-refractivity contribution in [3.63, 3.8) is 0 Å². The first kappa shape index (κ1) is 14.4. The van der Waals surface area contributed by atoms with Crippen LogP contribution in [-0.2, 0) is 6.42 Å².